The van der Waals surface area contributed by atoms with Crippen molar-refractivity contribution in [1.29, 1.82) is 0 Å². The molecule has 0 atom stereocenters. The number of ether oxygens (including phenoxy) is 1. The number of hydrogen-bond donors (Lipinski definition) is 2. The first-order valence-corrected chi connectivity index (χ1v) is 10.1. The molecule has 32 heavy (non-hydrogen) atoms. The average molecular weight is 470 g/mol. The number of nitrogens with zero attached hydrogens (tertiary/aromatic N) is 1. The van der Waals surface area contributed by atoms with Crippen LogP contribution in [0, 0.1) is 6.92 Å². The molecule has 0 aliphatic carbocycles. The standard InChI is InChI=1S/C23H17Cl2N3O4/c1-14-5-9-16(10-6-14)23(31)32-17-11-7-15(8-12-17)13-26-28-22(30)21(29)27-19-4-2-3-18(24)20(19)25/h2-13H,1H3,(H,27,29)(H,28,30)/b26-13-. The first-order valence-electron chi connectivity index (χ1n) is 9.31. The highest BCUT2D eigenvalue weighted by molar-refractivity contribution is 6.45. The molecule has 0 unspecified atom stereocenters. The van der Waals surface area contributed by atoms with Crippen molar-refractivity contribution in [3.05, 3.63) is 93.5 Å². The molecule has 0 heterocycles. The highest BCUT2D eigenvalue weighted by Crippen LogP contribution is 2.29. The Bertz CT molecular complexity index is 1180. The summed E-state index contributed by atoms with van der Waals surface area (Å²) in [5.74, 6) is -2.05. The van der Waals surface area contributed by atoms with Crippen LogP contribution >= 0.6 is 23.2 Å². The number of hydrogen-bond acceptors (Lipinski definition) is 5. The van der Waals surface area contributed by atoms with E-state index in [-0.39, 0.29) is 15.7 Å². The van der Waals surface area contributed by atoms with E-state index in [0.29, 0.717) is 16.9 Å². The zero-order valence-electron chi connectivity index (χ0n) is 16.8. The van der Waals surface area contributed by atoms with Crippen molar-refractivity contribution < 1.29 is 19.1 Å². The Morgan fingerprint density at radius 3 is 2.28 bits per heavy atom. The highest BCUT2D eigenvalue weighted by atomic mass is 35.5. The van der Waals surface area contributed by atoms with Crippen LogP contribution in [0.15, 0.2) is 71.8 Å². The Morgan fingerprint density at radius 2 is 1.59 bits per heavy atom. The molecule has 0 fully saturated rings. The van der Waals surface area contributed by atoms with Gasteiger partial charge < -0.3 is 10.1 Å². The van der Waals surface area contributed by atoms with Gasteiger partial charge >= 0.3 is 17.8 Å². The molecule has 3 aromatic rings. The molecule has 0 bridgehead atoms. The Labute approximate surface area is 194 Å². The smallest absolute Gasteiger partial charge is 0.343 e. The second-order valence-corrected chi connectivity index (χ2v) is 7.36. The van der Waals surface area contributed by atoms with E-state index in [1.807, 2.05) is 19.1 Å². The second-order valence-electron chi connectivity index (χ2n) is 6.58. The van der Waals surface area contributed by atoms with E-state index in [1.54, 1.807) is 48.5 Å². The van der Waals surface area contributed by atoms with Gasteiger partial charge in [-0.15, -0.1) is 0 Å². The van der Waals surface area contributed by atoms with E-state index in [1.165, 1.54) is 12.3 Å². The SMILES string of the molecule is Cc1ccc(C(=O)Oc2ccc(/C=N\NC(=O)C(=O)Nc3cccc(Cl)c3Cl)cc2)cc1. The molecule has 0 aromatic heterocycles. The third-order valence-corrected chi connectivity index (χ3v) is 4.98. The quantitative estimate of drug-likeness (QED) is 0.187. The summed E-state index contributed by atoms with van der Waals surface area (Å²) in [5.41, 5.74) is 4.42. The van der Waals surface area contributed by atoms with Gasteiger partial charge in [-0.2, -0.15) is 5.10 Å². The summed E-state index contributed by atoms with van der Waals surface area (Å²) in [6.45, 7) is 1.93. The normalized spacial score (nSPS) is 10.6. The van der Waals surface area contributed by atoms with Crippen LogP contribution in [0.2, 0.25) is 10.0 Å². The highest BCUT2D eigenvalue weighted by Gasteiger charge is 2.15. The fourth-order valence-corrected chi connectivity index (χ4v) is 2.82. The van der Waals surface area contributed by atoms with Crippen LogP contribution in [0.5, 0.6) is 5.75 Å². The number of halogens is 2. The lowest BCUT2D eigenvalue weighted by Crippen LogP contribution is -2.32. The van der Waals surface area contributed by atoms with Gasteiger partial charge in [0.25, 0.3) is 0 Å². The number of aryl methyl sites for hydroxylation is 1. The third kappa shape index (κ3) is 6.16. The number of benzene rings is 3. The van der Waals surface area contributed by atoms with Gasteiger partial charge in [-0.25, -0.2) is 10.2 Å². The minimum atomic E-state index is -0.985. The van der Waals surface area contributed by atoms with E-state index in [0.717, 1.165) is 5.56 Å². The largest absolute Gasteiger partial charge is 0.423 e. The molecule has 0 aliphatic rings. The lowest BCUT2D eigenvalue weighted by Gasteiger charge is -2.07. The van der Waals surface area contributed by atoms with Gasteiger partial charge in [0.05, 0.1) is 27.5 Å². The molecule has 2 amide bonds. The van der Waals surface area contributed by atoms with Gasteiger partial charge in [0.1, 0.15) is 5.75 Å². The van der Waals surface area contributed by atoms with E-state index in [9.17, 15) is 14.4 Å². The first kappa shape index (κ1) is 23.0. The Balaban J connectivity index is 1.52. The van der Waals surface area contributed by atoms with E-state index in [4.69, 9.17) is 27.9 Å². The lowest BCUT2D eigenvalue weighted by atomic mass is 10.1. The molecule has 9 heteroatoms. The first-order chi connectivity index (χ1) is 15.3. The van der Waals surface area contributed by atoms with Gasteiger partial charge in [0.15, 0.2) is 0 Å². The maximum atomic E-state index is 12.1. The summed E-state index contributed by atoms with van der Waals surface area (Å²) < 4.78 is 5.32. The molecule has 7 nitrogen and oxygen atoms in total. The molecule has 162 valence electrons. The summed E-state index contributed by atoms with van der Waals surface area (Å²) >= 11 is 11.8. The van der Waals surface area contributed by atoms with Gasteiger partial charge in [-0.3, -0.25) is 9.59 Å². The molecule has 0 radical (unpaired) electrons. The molecular weight excluding hydrogens is 453 g/mol. The topological polar surface area (TPSA) is 96.9 Å². The van der Waals surface area contributed by atoms with Crippen molar-refractivity contribution in [1.82, 2.24) is 5.43 Å². The zero-order chi connectivity index (χ0) is 23.1. The van der Waals surface area contributed by atoms with Crippen LogP contribution in [0.3, 0.4) is 0 Å². The van der Waals surface area contributed by atoms with Gasteiger partial charge in [-0.05, 0) is 61.0 Å². The van der Waals surface area contributed by atoms with Crippen LogP contribution in [0.4, 0.5) is 5.69 Å². The minimum Gasteiger partial charge on any atom is -0.423 e. The van der Waals surface area contributed by atoms with Gasteiger partial charge in [0.2, 0.25) is 0 Å². The summed E-state index contributed by atoms with van der Waals surface area (Å²) in [6, 6.07) is 18.1. The maximum absolute atomic E-state index is 12.1. The number of hydrazone groups is 1. The zero-order valence-corrected chi connectivity index (χ0v) is 18.3. The molecule has 0 spiro atoms. The lowest BCUT2D eigenvalue weighted by molar-refractivity contribution is -0.136. The van der Waals surface area contributed by atoms with Crippen molar-refractivity contribution >= 4 is 52.9 Å². The number of carbonyl (C=O) groups is 3. The summed E-state index contributed by atoms with van der Waals surface area (Å²) in [6.07, 6.45) is 1.34. The van der Waals surface area contributed by atoms with Crippen molar-refractivity contribution in [2.75, 3.05) is 5.32 Å². The van der Waals surface area contributed by atoms with Crippen molar-refractivity contribution in [2.45, 2.75) is 6.92 Å². The summed E-state index contributed by atoms with van der Waals surface area (Å²) in [4.78, 5) is 36.0. The number of amides is 2. The van der Waals surface area contributed by atoms with Gasteiger partial charge in [-0.1, -0.05) is 47.0 Å². The van der Waals surface area contributed by atoms with E-state index < -0.39 is 17.8 Å². The molecular formula is C23H17Cl2N3O4. The Kier molecular flexibility index (Phi) is 7.59. The monoisotopic (exact) mass is 469 g/mol. The Morgan fingerprint density at radius 1 is 0.906 bits per heavy atom. The summed E-state index contributed by atoms with van der Waals surface area (Å²) in [5, 5.41) is 6.46. The number of anilines is 1. The van der Waals surface area contributed by atoms with Crippen LogP contribution in [0.1, 0.15) is 21.5 Å². The van der Waals surface area contributed by atoms with Crippen LogP contribution in [0.25, 0.3) is 0 Å². The van der Waals surface area contributed by atoms with Crippen LogP contribution < -0.4 is 15.5 Å². The van der Waals surface area contributed by atoms with E-state index in [2.05, 4.69) is 15.8 Å². The fourth-order valence-electron chi connectivity index (χ4n) is 2.47. The predicted molar refractivity (Wildman–Crippen MR) is 123 cm³/mol. The molecule has 0 saturated heterocycles. The van der Waals surface area contributed by atoms with Crippen molar-refractivity contribution in [3.8, 4) is 5.75 Å². The summed E-state index contributed by atoms with van der Waals surface area (Å²) in [7, 11) is 0. The molecule has 2 N–H and O–H groups in total. The average Bonchev–Trinajstić information content (AvgIpc) is 2.78. The number of esters is 1. The molecule has 0 saturated carbocycles. The van der Waals surface area contributed by atoms with Crippen molar-refractivity contribution in [2.24, 2.45) is 5.10 Å². The fraction of sp³-hybridized carbons (Fsp3) is 0.0435. The molecule has 0 aliphatic heterocycles. The number of carbonyl (C=O) groups excluding carboxylic acids is 3. The second kappa shape index (κ2) is 10.6. The van der Waals surface area contributed by atoms with Crippen LogP contribution in [-0.4, -0.2) is 24.0 Å². The van der Waals surface area contributed by atoms with E-state index >= 15 is 0 Å². The molecule has 3 rings (SSSR count). The minimum absolute atomic E-state index is 0.127. The van der Waals surface area contributed by atoms with Gasteiger partial charge in [0, 0.05) is 0 Å². The maximum Gasteiger partial charge on any atom is 0.343 e. The Hall–Kier alpha value is -3.68. The third-order valence-electron chi connectivity index (χ3n) is 4.16. The number of rotatable bonds is 5. The molecule has 3 aromatic carbocycles. The predicted octanol–water partition coefficient (Wildman–Crippen LogP) is 4.61. The van der Waals surface area contributed by atoms with Crippen molar-refractivity contribution in [3.63, 3.8) is 0 Å². The van der Waals surface area contributed by atoms with Crippen LogP contribution in [-0.2, 0) is 9.59 Å². The number of nitrogens with one attached hydrogen (secondary N) is 2.